The molecule has 0 radical (unpaired) electrons. The molecule has 104 valence electrons. The van der Waals surface area contributed by atoms with Crippen molar-refractivity contribution in [3.05, 3.63) is 30.3 Å². The van der Waals surface area contributed by atoms with Gasteiger partial charge in [0.2, 0.25) is 0 Å². The SMILES string of the molecule is OCC(O)COCC(O)CO.Oc1ccccc1. The summed E-state index contributed by atoms with van der Waals surface area (Å²) >= 11 is 0. The van der Waals surface area contributed by atoms with Crippen molar-refractivity contribution in [1.82, 2.24) is 0 Å². The minimum atomic E-state index is -0.916. The average molecular weight is 260 g/mol. The van der Waals surface area contributed by atoms with Crippen LogP contribution in [0.15, 0.2) is 30.3 Å². The molecule has 1 rings (SSSR count). The van der Waals surface area contributed by atoms with Crippen LogP contribution < -0.4 is 0 Å². The van der Waals surface area contributed by atoms with Crippen molar-refractivity contribution in [1.29, 1.82) is 0 Å². The molecule has 0 bridgehead atoms. The molecule has 0 fully saturated rings. The van der Waals surface area contributed by atoms with Gasteiger partial charge >= 0.3 is 0 Å². The molecule has 0 spiro atoms. The quantitative estimate of drug-likeness (QED) is 0.453. The van der Waals surface area contributed by atoms with Crippen LogP contribution in [0, 0.1) is 0 Å². The molecule has 0 aliphatic rings. The second-order valence-corrected chi connectivity index (χ2v) is 3.55. The lowest BCUT2D eigenvalue weighted by molar-refractivity contribution is -0.0364. The van der Waals surface area contributed by atoms with E-state index in [4.69, 9.17) is 30.3 Å². The van der Waals surface area contributed by atoms with Crippen LogP contribution >= 0.6 is 0 Å². The number of aliphatic hydroxyl groups is 4. The minimum absolute atomic E-state index is 0.0342. The smallest absolute Gasteiger partial charge is 0.115 e. The Balaban J connectivity index is 0.000000351. The number of hydrogen-bond donors (Lipinski definition) is 5. The first-order chi connectivity index (χ1) is 8.60. The number of aromatic hydroxyl groups is 1. The molecule has 6 nitrogen and oxygen atoms in total. The van der Waals surface area contributed by atoms with Crippen LogP contribution in [0.3, 0.4) is 0 Å². The van der Waals surface area contributed by atoms with Crippen molar-refractivity contribution >= 4 is 0 Å². The van der Waals surface area contributed by atoms with Gasteiger partial charge in [-0.1, -0.05) is 18.2 Å². The first kappa shape index (κ1) is 16.8. The van der Waals surface area contributed by atoms with E-state index in [0.29, 0.717) is 5.75 Å². The van der Waals surface area contributed by atoms with Gasteiger partial charge in [-0.15, -0.1) is 0 Å². The highest BCUT2D eigenvalue weighted by molar-refractivity contribution is 5.18. The monoisotopic (exact) mass is 260 g/mol. The van der Waals surface area contributed by atoms with Gasteiger partial charge in [-0.05, 0) is 12.1 Å². The zero-order valence-electron chi connectivity index (χ0n) is 10.0. The molecule has 0 aromatic heterocycles. The predicted octanol–water partition coefficient (Wildman–Crippen LogP) is -0.898. The fourth-order valence-electron chi connectivity index (χ4n) is 0.874. The first-order valence-electron chi connectivity index (χ1n) is 5.49. The topological polar surface area (TPSA) is 110 Å². The van der Waals surface area contributed by atoms with Crippen molar-refractivity contribution in [2.24, 2.45) is 0 Å². The first-order valence-corrected chi connectivity index (χ1v) is 5.49. The molecule has 2 atom stereocenters. The van der Waals surface area contributed by atoms with Gasteiger partial charge in [0.1, 0.15) is 18.0 Å². The zero-order valence-corrected chi connectivity index (χ0v) is 10.0. The number of aliphatic hydroxyl groups excluding tert-OH is 4. The van der Waals surface area contributed by atoms with Gasteiger partial charge in [0.15, 0.2) is 0 Å². The molecule has 0 aliphatic carbocycles. The van der Waals surface area contributed by atoms with Crippen molar-refractivity contribution in [2.75, 3.05) is 26.4 Å². The Morgan fingerprint density at radius 3 is 1.61 bits per heavy atom. The Labute approximate surface area is 106 Å². The van der Waals surface area contributed by atoms with Gasteiger partial charge in [0, 0.05) is 0 Å². The van der Waals surface area contributed by atoms with E-state index in [1.165, 1.54) is 0 Å². The maximum atomic E-state index is 8.72. The Bertz CT molecular complexity index is 269. The Morgan fingerprint density at radius 2 is 1.33 bits per heavy atom. The Morgan fingerprint density at radius 1 is 0.889 bits per heavy atom. The molecule has 0 saturated carbocycles. The van der Waals surface area contributed by atoms with Crippen molar-refractivity contribution in [2.45, 2.75) is 12.2 Å². The summed E-state index contributed by atoms with van der Waals surface area (Å²) < 4.78 is 4.72. The predicted molar refractivity (Wildman–Crippen MR) is 65.1 cm³/mol. The molecular weight excluding hydrogens is 240 g/mol. The van der Waals surface area contributed by atoms with Crippen molar-refractivity contribution in [3.8, 4) is 5.75 Å². The van der Waals surface area contributed by atoms with Crippen LogP contribution in [0.25, 0.3) is 0 Å². The lowest BCUT2D eigenvalue weighted by Gasteiger charge is -2.10. The third-order valence-corrected chi connectivity index (χ3v) is 1.80. The maximum absolute atomic E-state index is 8.72. The number of hydrogen-bond acceptors (Lipinski definition) is 6. The van der Waals surface area contributed by atoms with E-state index < -0.39 is 12.2 Å². The van der Waals surface area contributed by atoms with E-state index in [-0.39, 0.29) is 26.4 Å². The summed E-state index contributed by atoms with van der Waals surface area (Å²) in [6, 6.07) is 8.71. The van der Waals surface area contributed by atoms with Gasteiger partial charge in [0.25, 0.3) is 0 Å². The third kappa shape index (κ3) is 10.0. The summed E-state index contributed by atoms with van der Waals surface area (Å²) in [6.45, 7) is -0.800. The largest absolute Gasteiger partial charge is 0.508 e. The lowest BCUT2D eigenvalue weighted by Crippen LogP contribution is -2.25. The summed E-state index contributed by atoms with van der Waals surface area (Å²) in [5.74, 6) is 0.322. The minimum Gasteiger partial charge on any atom is -0.508 e. The number of benzene rings is 1. The van der Waals surface area contributed by atoms with Crippen LogP contribution in [0.4, 0.5) is 0 Å². The molecule has 0 aliphatic heterocycles. The second-order valence-electron chi connectivity index (χ2n) is 3.55. The van der Waals surface area contributed by atoms with Crippen molar-refractivity contribution in [3.63, 3.8) is 0 Å². The van der Waals surface area contributed by atoms with E-state index in [1.54, 1.807) is 24.3 Å². The lowest BCUT2D eigenvalue weighted by atomic mass is 10.3. The Kier molecular flexibility index (Phi) is 10.2. The number of phenols is 1. The number of rotatable bonds is 6. The van der Waals surface area contributed by atoms with Crippen LogP contribution in [-0.4, -0.2) is 64.2 Å². The standard InChI is InChI=1S/C6H14O5.C6H6O/c7-1-5(9)3-11-4-6(10)2-8;7-6-4-2-1-3-5-6/h5-10H,1-4H2;1-5,7H. The van der Waals surface area contributed by atoms with E-state index >= 15 is 0 Å². The number of ether oxygens (including phenoxy) is 1. The molecule has 18 heavy (non-hydrogen) atoms. The second kappa shape index (κ2) is 10.9. The van der Waals surface area contributed by atoms with Gasteiger partial charge in [0.05, 0.1) is 26.4 Å². The van der Waals surface area contributed by atoms with Crippen molar-refractivity contribution < 1.29 is 30.3 Å². The van der Waals surface area contributed by atoms with E-state index in [2.05, 4.69) is 0 Å². The van der Waals surface area contributed by atoms with Crippen LogP contribution in [-0.2, 0) is 4.74 Å². The highest BCUT2D eigenvalue weighted by atomic mass is 16.5. The highest BCUT2D eigenvalue weighted by Gasteiger charge is 2.04. The van der Waals surface area contributed by atoms with E-state index in [0.717, 1.165) is 0 Å². The summed E-state index contributed by atoms with van der Waals surface area (Å²) in [7, 11) is 0. The van der Waals surface area contributed by atoms with Crippen LogP contribution in [0.1, 0.15) is 0 Å². The van der Waals surface area contributed by atoms with E-state index in [9.17, 15) is 0 Å². The number of phenolic OH excluding ortho intramolecular Hbond substituents is 1. The highest BCUT2D eigenvalue weighted by Crippen LogP contribution is 2.02. The fourth-order valence-corrected chi connectivity index (χ4v) is 0.874. The maximum Gasteiger partial charge on any atom is 0.115 e. The summed E-state index contributed by atoms with van der Waals surface area (Å²) in [5.41, 5.74) is 0. The molecule has 6 heteroatoms. The van der Waals surface area contributed by atoms with Gasteiger partial charge in [-0.25, -0.2) is 0 Å². The Hall–Kier alpha value is -1.18. The van der Waals surface area contributed by atoms with Gasteiger partial charge in [-0.2, -0.15) is 0 Å². The third-order valence-electron chi connectivity index (χ3n) is 1.80. The van der Waals surface area contributed by atoms with Crippen LogP contribution in [0.5, 0.6) is 5.75 Å². The molecule has 0 heterocycles. The molecule has 2 unspecified atom stereocenters. The molecular formula is C12H20O6. The molecule has 5 N–H and O–H groups in total. The summed E-state index contributed by atoms with van der Waals surface area (Å²) in [4.78, 5) is 0. The molecule has 0 amide bonds. The normalized spacial score (nSPS) is 13.3. The van der Waals surface area contributed by atoms with Crippen LogP contribution in [0.2, 0.25) is 0 Å². The molecule has 1 aromatic rings. The average Bonchev–Trinajstić information content (AvgIpc) is 2.39. The van der Waals surface area contributed by atoms with Gasteiger partial charge in [-0.3, -0.25) is 0 Å². The molecule has 1 aromatic carbocycles. The summed E-state index contributed by atoms with van der Waals surface area (Å²) in [5, 5.41) is 42.7. The number of para-hydroxylation sites is 1. The zero-order chi connectivity index (χ0) is 13.8. The van der Waals surface area contributed by atoms with E-state index in [1.807, 2.05) is 6.07 Å². The van der Waals surface area contributed by atoms with Gasteiger partial charge < -0.3 is 30.3 Å². The fraction of sp³-hybridized carbons (Fsp3) is 0.500. The molecule has 0 saturated heterocycles. The summed E-state index contributed by atoms with van der Waals surface area (Å²) in [6.07, 6.45) is -1.83.